The first-order valence-corrected chi connectivity index (χ1v) is 7.08. The average Bonchev–Trinajstić information content (AvgIpc) is 2.94. The molecule has 2 rings (SSSR count). The van der Waals surface area contributed by atoms with Gasteiger partial charge in [0.25, 0.3) is 0 Å². The molecule has 1 heterocycles. The number of benzene rings is 1. The summed E-state index contributed by atoms with van der Waals surface area (Å²) < 4.78 is 16.0. The predicted molar refractivity (Wildman–Crippen MR) is 77.0 cm³/mol. The molecule has 2 atom stereocenters. The molecule has 2 unspecified atom stereocenters. The summed E-state index contributed by atoms with van der Waals surface area (Å²) in [5, 5.41) is 0.327. The fourth-order valence-electron chi connectivity index (χ4n) is 2.64. The van der Waals surface area contributed by atoms with Crippen LogP contribution < -0.4 is 9.47 Å². The van der Waals surface area contributed by atoms with E-state index >= 15 is 0 Å². The summed E-state index contributed by atoms with van der Waals surface area (Å²) in [6.07, 6.45) is 1.54. The normalized spacial score (nSPS) is 21.8. The molecule has 1 fully saturated rings. The minimum Gasteiger partial charge on any atom is -0.495 e. The van der Waals surface area contributed by atoms with Gasteiger partial charge >= 0.3 is 0 Å². The fourth-order valence-corrected chi connectivity index (χ4v) is 2.96. The molecule has 0 bridgehead atoms. The minimum absolute atomic E-state index is 0.0203. The number of ketones is 1. The lowest BCUT2D eigenvalue weighted by molar-refractivity contribution is 0.0687. The monoisotopic (exact) mass is 298 g/mol. The fraction of sp³-hybridized carbons (Fsp3) is 0.533. The third-order valence-corrected chi connectivity index (χ3v) is 4.06. The van der Waals surface area contributed by atoms with Gasteiger partial charge in [-0.05, 0) is 25.0 Å². The van der Waals surface area contributed by atoms with Gasteiger partial charge < -0.3 is 14.2 Å². The second kappa shape index (κ2) is 6.46. The zero-order valence-electron chi connectivity index (χ0n) is 11.9. The van der Waals surface area contributed by atoms with Crippen molar-refractivity contribution < 1.29 is 19.0 Å². The van der Waals surface area contributed by atoms with Crippen LogP contribution >= 0.6 is 11.6 Å². The standard InChI is InChI=1S/C15H19ClO4/c1-4-11-9(7-8-20-11)14(17)10-5-6-12(18-2)13(16)15(10)19-3/h5-6,9,11H,4,7-8H2,1-3H3. The first-order valence-electron chi connectivity index (χ1n) is 6.70. The highest BCUT2D eigenvalue weighted by molar-refractivity contribution is 6.34. The molecule has 1 saturated heterocycles. The van der Waals surface area contributed by atoms with Gasteiger partial charge in [-0.25, -0.2) is 0 Å². The van der Waals surface area contributed by atoms with E-state index in [-0.39, 0.29) is 17.8 Å². The van der Waals surface area contributed by atoms with Crippen LogP contribution in [0.4, 0.5) is 0 Å². The summed E-state index contributed by atoms with van der Waals surface area (Å²) in [6.45, 7) is 2.65. The molecule has 1 aromatic carbocycles. The maximum atomic E-state index is 12.7. The topological polar surface area (TPSA) is 44.8 Å². The maximum Gasteiger partial charge on any atom is 0.172 e. The van der Waals surface area contributed by atoms with Crippen molar-refractivity contribution in [2.45, 2.75) is 25.9 Å². The molecule has 20 heavy (non-hydrogen) atoms. The van der Waals surface area contributed by atoms with Crippen LogP contribution in [0.2, 0.25) is 5.02 Å². The van der Waals surface area contributed by atoms with E-state index in [2.05, 4.69) is 0 Å². The van der Waals surface area contributed by atoms with E-state index in [0.29, 0.717) is 28.7 Å². The number of rotatable bonds is 5. The largest absolute Gasteiger partial charge is 0.495 e. The van der Waals surface area contributed by atoms with E-state index in [4.69, 9.17) is 25.8 Å². The van der Waals surface area contributed by atoms with Crippen molar-refractivity contribution in [2.24, 2.45) is 5.92 Å². The molecule has 0 amide bonds. The molecular weight excluding hydrogens is 280 g/mol. The second-order valence-electron chi connectivity index (χ2n) is 4.74. The minimum atomic E-state index is -0.127. The van der Waals surface area contributed by atoms with Crippen LogP contribution in [0.3, 0.4) is 0 Å². The molecule has 0 saturated carbocycles. The third kappa shape index (κ3) is 2.63. The van der Waals surface area contributed by atoms with Gasteiger partial charge in [0, 0.05) is 6.61 Å². The summed E-state index contributed by atoms with van der Waals surface area (Å²) in [6, 6.07) is 3.39. The Morgan fingerprint density at radius 2 is 2.15 bits per heavy atom. The highest BCUT2D eigenvalue weighted by Gasteiger charge is 2.35. The summed E-state index contributed by atoms with van der Waals surface area (Å²) in [4.78, 5) is 12.7. The highest BCUT2D eigenvalue weighted by atomic mass is 35.5. The number of methoxy groups -OCH3 is 2. The van der Waals surface area contributed by atoms with Crippen molar-refractivity contribution in [3.63, 3.8) is 0 Å². The van der Waals surface area contributed by atoms with Crippen LogP contribution in [0.1, 0.15) is 30.1 Å². The Morgan fingerprint density at radius 1 is 1.40 bits per heavy atom. The molecule has 110 valence electrons. The number of hydrogen-bond donors (Lipinski definition) is 0. The molecule has 0 aromatic heterocycles. The van der Waals surface area contributed by atoms with Crippen LogP contribution in [-0.2, 0) is 4.74 Å². The van der Waals surface area contributed by atoms with Crippen molar-refractivity contribution >= 4 is 17.4 Å². The smallest absolute Gasteiger partial charge is 0.172 e. The Balaban J connectivity index is 2.37. The Bertz CT molecular complexity index is 501. The zero-order chi connectivity index (χ0) is 14.7. The van der Waals surface area contributed by atoms with E-state index in [1.807, 2.05) is 6.92 Å². The SMILES string of the molecule is CCC1OCCC1C(=O)c1ccc(OC)c(Cl)c1OC. The number of carbonyl (C=O) groups is 1. The van der Waals surface area contributed by atoms with Gasteiger partial charge in [-0.3, -0.25) is 4.79 Å². The van der Waals surface area contributed by atoms with Crippen LogP contribution in [0, 0.1) is 5.92 Å². The summed E-state index contributed by atoms with van der Waals surface area (Å²) >= 11 is 6.20. The summed E-state index contributed by atoms with van der Waals surface area (Å²) in [5.74, 6) is 0.765. The van der Waals surface area contributed by atoms with Crippen LogP contribution in [0.15, 0.2) is 12.1 Å². The predicted octanol–water partition coefficient (Wildman–Crippen LogP) is 3.36. The van der Waals surface area contributed by atoms with Gasteiger partial charge in [0.05, 0.1) is 31.8 Å². The van der Waals surface area contributed by atoms with Crippen LogP contribution in [0.25, 0.3) is 0 Å². The van der Waals surface area contributed by atoms with E-state index in [1.165, 1.54) is 14.2 Å². The van der Waals surface area contributed by atoms with E-state index in [9.17, 15) is 4.79 Å². The van der Waals surface area contributed by atoms with Crippen molar-refractivity contribution in [1.82, 2.24) is 0 Å². The number of hydrogen-bond acceptors (Lipinski definition) is 4. The van der Waals surface area contributed by atoms with Gasteiger partial charge in [0.2, 0.25) is 0 Å². The molecule has 1 aliphatic rings. The molecule has 4 nitrogen and oxygen atoms in total. The average molecular weight is 299 g/mol. The van der Waals surface area contributed by atoms with Crippen molar-refractivity contribution in [1.29, 1.82) is 0 Å². The van der Waals surface area contributed by atoms with E-state index in [1.54, 1.807) is 12.1 Å². The Kier molecular flexibility index (Phi) is 4.89. The van der Waals surface area contributed by atoms with Gasteiger partial charge in [-0.2, -0.15) is 0 Å². The quantitative estimate of drug-likeness (QED) is 0.782. The Labute approximate surface area is 124 Å². The summed E-state index contributed by atoms with van der Waals surface area (Å²) in [7, 11) is 3.03. The molecule has 1 aliphatic heterocycles. The molecular formula is C15H19ClO4. The second-order valence-corrected chi connectivity index (χ2v) is 5.12. The summed E-state index contributed by atoms with van der Waals surface area (Å²) in [5.41, 5.74) is 0.493. The first-order chi connectivity index (χ1) is 9.63. The zero-order valence-corrected chi connectivity index (χ0v) is 12.7. The number of Topliss-reactive ketones (excluding diaryl/α,β-unsaturated/α-hetero) is 1. The van der Waals surface area contributed by atoms with Gasteiger partial charge in [-0.15, -0.1) is 0 Å². The first kappa shape index (κ1) is 15.1. The van der Waals surface area contributed by atoms with Crippen molar-refractivity contribution in [3.8, 4) is 11.5 Å². The van der Waals surface area contributed by atoms with Crippen LogP contribution in [0.5, 0.6) is 11.5 Å². The molecule has 5 heteroatoms. The lowest BCUT2D eigenvalue weighted by atomic mass is 9.90. The molecule has 0 aliphatic carbocycles. The van der Waals surface area contributed by atoms with Crippen molar-refractivity contribution in [3.05, 3.63) is 22.7 Å². The van der Waals surface area contributed by atoms with Gasteiger partial charge in [0.1, 0.15) is 10.8 Å². The highest BCUT2D eigenvalue weighted by Crippen LogP contribution is 2.39. The van der Waals surface area contributed by atoms with Gasteiger partial charge in [-0.1, -0.05) is 18.5 Å². The number of carbonyl (C=O) groups excluding carboxylic acids is 1. The van der Waals surface area contributed by atoms with Crippen LogP contribution in [-0.4, -0.2) is 32.7 Å². The molecule has 0 radical (unpaired) electrons. The molecule has 0 N–H and O–H groups in total. The third-order valence-electron chi connectivity index (χ3n) is 3.70. The number of ether oxygens (including phenoxy) is 3. The Morgan fingerprint density at radius 3 is 2.75 bits per heavy atom. The Hall–Kier alpha value is -1.26. The van der Waals surface area contributed by atoms with E-state index < -0.39 is 0 Å². The van der Waals surface area contributed by atoms with Gasteiger partial charge in [0.15, 0.2) is 11.5 Å². The molecule has 0 spiro atoms. The molecule has 1 aromatic rings. The van der Waals surface area contributed by atoms with E-state index in [0.717, 1.165) is 12.8 Å². The lowest BCUT2D eigenvalue weighted by Gasteiger charge is -2.18. The lowest BCUT2D eigenvalue weighted by Crippen LogP contribution is -2.24. The number of halogens is 1. The van der Waals surface area contributed by atoms with Crippen molar-refractivity contribution in [2.75, 3.05) is 20.8 Å². The maximum absolute atomic E-state index is 12.7.